The largest absolute Gasteiger partial charge is 0.493 e. The van der Waals surface area contributed by atoms with Gasteiger partial charge in [0.15, 0.2) is 11.0 Å². The summed E-state index contributed by atoms with van der Waals surface area (Å²) in [7, 11) is -1.91. The maximum atomic E-state index is 14.0. The molecule has 1 unspecified atom stereocenters. The quantitative estimate of drug-likeness (QED) is 0.183. The van der Waals surface area contributed by atoms with Crippen LogP contribution in [0.3, 0.4) is 0 Å². The fourth-order valence-electron chi connectivity index (χ4n) is 6.05. The van der Waals surface area contributed by atoms with Crippen molar-refractivity contribution < 1.29 is 23.3 Å². The lowest BCUT2D eigenvalue weighted by molar-refractivity contribution is 0.0993. The molecule has 2 aliphatic rings. The molecule has 1 atom stereocenters. The summed E-state index contributed by atoms with van der Waals surface area (Å²) >= 11 is 12.3. The first-order chi connectivity index (χ1) is 21.7. The van der Waals surface area contributed by atoms with Gasteiger partial charge in [-0.3, -0.25) is 9.52 Å². The van der Waals surface area contributed by atoms with Crippen LogP contribution in [0.2, 0.25) is 10.0 Å². The van der Waals surface area contributed by atoms with Crippen LogP contribution in [0.5, 0.6) is 11.5 Å². The van der Waals surface area contributed by atoms with Crippen molar-refractivity contribution >= 4 is 62.6 Å². The molecule has 0 saturated heterocycles. The number of hydrogen-bond donors (Lipinski definition) is 2. The maximum Gasteiger partial charge on any atom is 0.327 e. The van der Waals surface area contributed by atoms with E-state index in [4.69, 9.17) is 32.7 Å². The van der Waals surface area contributed by atoms with Gasteiger partial charge in [0.1, 0.15) is 11.5 Å². The predicted molar refractivity (Wildman–Crippen MR) is 178 cm³/mol. The van der Waals surface area contributed by atoms with Crippen LogP contribution >= 0.6 is 23.2 Å². The number of urea groups is 1. The Labute approximate surface area is 274 Å². The molecule has 1 heterocycles. The molecule has 0 spiro atoms. The first-order valence-electron chi connectivity index (χ1n) is 14.9. The lowest BCUT2D eigenvalue weighted by Crippen LogP contribution is -2.45. The predicted octanol–water partition coefficient (Wildman–Crippen LogP) is 7.51. The summed E-state index contributed by atoms with van der Waals surface area (Å²) in [4.78, 5) is 28.8. The molecular formula is C34H33Cl2N3O5S. The summed E-state index contributed by atoms with van der Waals surface area (Å²) < 4.78 is 27.4. The minimum absolute atomic E-state index is 0.125. The van der Waals surface area contributed by atoms with Gasteiger partial charge in [-0.25, -0.2) is 9.00 Å². The highest BCUT2D eigenvalue weighted by Crippen LogP contribution is 2.47. The summed E-state index contributed by atoms with van der Waals surface area (Å²) in [5, 5.41) is 5.21. The van der Waals surface area contributed by atoms with Crippen LogP contribution in [0, 0.1) is 6.92 Å². The smallest absolute Gasteiger partial charge is 0.327 e. The minimum Gasteiger partial charge on any atom is -0.493 e. The molecule has 8 nitrogen and oxygen atoms in total. The number of carbonyl (C=O) groups excluding carboxylic acids is 2. The number of fused-ring (bicyclic) bond motifs is 2. The summed E-state index contributed by atoms with van der Waals surface area (Å²) in [6, 6.07) is 18.1. The monoisotopic (exact) mass is 665 g/mol. The molecular weight excluding hydrogens is 633 g/mol. The Morgan fingerprint density at radius 1 is 0.956 bits per heavy atom. The average molecular weight is 667 g/mol. The molecule has 3 amide bonds. The van der Waals surface area contributed by atoms with Crippen LogP contribution in [-0.4, -0.2) is 34.9 Å². The summed E-state index contributed by atoms with van der Waals surface area (Å²) in [6.07, 6.45) is 2.16. The van der Waals surface area contributed by atoms with E-state index in [1.807, 2.05) is 57.2 Å². The Balaban J connectivity index is 1.21. The van der Waals surface area contributed by atoms with Gasteiger partial charge in [0.25, 0.3) is 5.91 Å². The van der Waals surface area contributed by atoms with Crippen molar-refractivity contribution in [2.45, 2.75) is 57.0 Å². The van der Waals surface area contributed by atoms with Crippen molar-refractivity contribution in [1.29, 1.82) is 0 Å². The van der Waals surface area contributed by atoms with Crippen LogP contribution in [0.25, 0.3) is 10.8 Å². The molecule has 1 fully saturated rings. The van der Waals surface area contributed by atoms with Gasteiger partial charge in [-0.15, -0.1) is 0 Å². The Kier molecular flexibility index (Phi) is 8.70. The van der Waals surface area contributed by atoms with Crippen LogP contribution in [0.15, 0.2) is 65.6 Å². The number of nitrogens with one attached hydrogen (secondary N) is 2. The molecule has 0 bridgehead atoms. The second kappa shape index (κ2) is 12.5. The normalized spacial score (nSPS) is 15.5. The highest BCUT2D eigenvalue weighted by Gasteiger charge is 2.44. The van der Waals surface area contributed by atoms with Crippen molar-refractivity contribution in [2.24, 2.45) is 0 Å². The zero-order valence-corrected chi connectivity index (χ0v) is 27.5. The second-order valence-corrected chi connectivity index (χ2v) is 13.2. The van der Waals surface area contributed by atoms with E-state index in [1.165, 1.54) is 0 Å². The molecule has 45 heavy (non-hydrogen) atoms. The average Bonchev–Trinajstić information content (AvgIpc) is 3.66. The van der Waals surface area contributed by atoms with E-state index in [-0.39, 0.29) is 20.8 Å². The van der Waals surface area contributed by atoms with Crippen LogP contribution in [0.1, 0.15) is 53.7 Å². The fraction of sp³-hybridized carbons (Fsp3) is 0.294. The molecule has 4 aromatic carbocycles. The third-order valence-corrected chi connectivity index (χ3v) is 10.2. The van der Waals surface area contributed by atoms with E-state index in [9.17, 15) is 13.8 Å². The summed E-state index contributed by atoms with van der Waals surface area (Å²) in [5.41, 5.74) is 3.68. The van der Waals surface area contributed by atoms with Gasteiger partial charge in [-0.1, -0.05) is 65.7 Å². The van der Waals surface area contributed by atoms with E-state index in [0.29, 0.717) is 37.5 Å². The summed E-state index contributed by atoms with van der Waals surface area (Å²) in [6.45, 7) is 7.11. The van der Waals surface area contributed by atoms with Crippen LogP contribution in [0.4, 0.5) is 10.5 Å². The topological polar surface area (TPSA) is 97.0 Å². The minimum atomic E-state index is -1.91. The van der Waals surface area contributed by atoms with E-state index in [2.05, 4.69) is 16.1 Å². The number of halogens is 2. The van der Waals surface area contributed by atoms with E-state index in [0.717, 1.165) is 51.7 Å². The molecule has 1 saturated carbocycles. The van der Waals surface area contributed by atoms with Gasteiger partial charge in [-0.2, -0.15) is 0 Å². The van der Waals surface area contributed by atoms with Crippen molar-refractivity contribution in [3.8, 4) is 11.5 Å². The Bertz CT molecular complexity index is 1840. The molecule has 0 radical (unpaired) electrons. The zero-order chi connectivity index (χ0) is 31.9. The highest BCUT2D eigenvalue weighted by molar-refractivity contribution is 7.84. The van der Waals surface area contributed by atoms with E-state index in [1.54, 1.807) is 23.1 Å². The maximum absolute atomic E-state index is 14.0. The molecule has 234 valence electrons. The molecule has 2 N–H and O–H groups in total. The Morgan fingerprint density at radius 2 is 1.60 bits per heavy atom. The number of nitrogens with zero attached hydrogens (tertiary/aromatic N) is 1. The third kappa shape index (κ3) is 5.96. The van der Waals surface area contributed by atoms with Crippen molar-refractivity contribution in [1.82, 2.24) is 10.0 Å². The highest BCUT2D eigenvalue weighted by atomic mass is 35.5. The number of ether oxygens (including phenoxy) is 2. The second-order valence-electron chi connectivity index (χ2n) is 11.3. The van der Waals surface area contributed by atoms with Gasteiger partial charge >= 0.3 is 6.03 Å². The van der Waals surface area contributed by atoms with E-state index < -0.39 is 22.6 Å². The Hall–Kier alpha value is -3.79. The summed E-state index contributed by atoms with van der Waals surface area (Å²) in [5.74, 6) is 1.18. The first kappa shape index (κ1) is 31.2. The molecule has 1 aliphatic heterocycles. The molecule has 1 aliphatic carbocycles. The number of hydrogen-bond acceptors (Lipinski definition) is 5. The number of anilines is 1. The fourth-order valence-corrected chi connectivity index (χ4v) is 7.68. The number of aryl methyl sites for hydroxylation is 1. The number of benzene rings is 4. The Morgan fingerprint density at radius 3 is 2.22 bits per heavy atom. The van der Waals surface area contributed by atoms with Crippen molar-refractivity contribution in [3.63, 3.8) is 0 Å². The van der Waals surface area contributed by atoms with Gasteiger partial charge in [0, 0.05) is 27.6 Å². The van der Waals surface area contributed by atoms with Crippen molar-refractivity contribution in [3.05, 3.63) is 93.0 Å². The third-order valence-electron chi connectivity index (χ3n) is 8.19. The van der Waals surface area contributed by atoms with Gasteiger partial charge in [-0.05, 0) is 69.4 Å². The number of rotatable bonds is 10. The van der Waals surface area contributed by atoms with E-state index >= 15 is 0 Å². The zero-order valence-electron chi connectivity index (χ0n) is 25.2. The number of carbonyl (C=O) groups is 2. The first-order valence-corrected chi connectivity index (χ1v) is 16.8. The molecule has 4 aromatic rings. The molecule has 0 aromatic heterocycles. The van der Waals surface area contributed by atoms with Gasteiger partial charge in [0.2, 0.25) is 0 Å². The van der Waals surface area contributed by atoms with Gasteiger partial charge < -0.3 is 19.7 Å². The number of amides is 3. The van der Waals surface area contributed by atoms with Gasteiger partial charge in [0.05, 0.1) is 40.3 Å². The van der Waals surface area contributed by atoms with Crippen LogP contribution in [-0.2, 0) is 24.0 Å². The van der Waals surface area contributed by atoms with Crippen LogP contribution < -0.4 is 24.4 Å². The molecule has 6 rings (SSSR count). The SMILES string of the molecule is CCOc1c2c(c(OCC)c3ccccc13)C(=O)N(c1ccc(CC3(NC(=O)NS(=O)c4c(Cl)cccc4Cl)CC3)cc1C)C2. The lowest BCUT2D eigenvalue weighted by atomic mass is 9.99. The lowest BCUT2D eigenvalue weighted by Gasteiger charge is -2.21. The van der Waals surface area contributed by atoms with Crippen molar-refractivity contribution in [2.75, 3.05) is 18.1 Å². The molecule has 11 heteroatoms. The standard InChI is InChI=1S/C34H33Cl2N3O5S/c1-4-43-29-22-9-6-7-10-23(22)30(44-5-2)28-24(29)19-39(32(28)40)27-14-13-21(17-20(27)3)18-34(15-16-34)37-33(41)38-45(42)31-25(35)11-8-12-26(31)36/h6-14,17H,4-5,15-16,18-19H2,1-3H3,(H2,37,38,41).